The number of hydrogen-bond acceptors (Lipinski definition) is 3. The first-order valence-electron chi connectivity index (χ1n) is 5.89. The van der Waals surface area contributed by atoms with Crippen molar-refractivity contribution in [2.75, 3.05) is 11.1 Å². The van der Waals surface area contributed by atoms with Crippen LogP contribution in [0.1, 0.15) is 0 Å². The molecule has 3 rings (SSSR count). The van der Waals surface area contributed by atoms with E-state index in [0.29, 0.717) is 11.4 Å². The van der Waals surface area contributed by atoms with Crippen LogP contribution in [0.25, 0.3) is 10.8 Å². The van der Waals surface area contributed by atoms with Crippen LogP contribution in [0.4, 0.5) is 21.5 Å². The molecule has 0 saturated carbocycles. The largest absolute Gasteiger partial charge is 0.399 e. The van der Waals surface area contributed by atoms with Gasteiger partial charge in [0.15, 0.2) is 0 Å². The normalized spacial score (nSPS) is 10.6. The smallest absolute Gasteiger partial charge is 0.148 e. The van der Waals surface area contributed by atoms with Gasteiger partial charge in [0, 0.05) is 29.2 Å². The topological polar surface area (TPSA) is 50.9 Å². The maximum atomic E-state index is 13.8. The van der Waals surface area contributed by atoms with Gasteiger partial charge in [0.25, 0.3) is 0 Å². The Bertz CT molecular complexity index is 735. The Kier molecular flexibility index (Phi) is 2.76. The molecular weight excluding hydrogens is 241 g/mol. The Morgan fingerprint density at radius 3 is 2.79 bits per heavy atom. The van der Waals surface area contributed by atoms with E-state index in [1.807, 2.05) is 24.3 Å². The monoisotopic (exact) mass is 253 g/mol. The fraction of sp³-hybridized carbons (Fsp3) is 0. The molecule has 3 nitrogen and oxygen atoms in total. The van der Waals surface area contributed by atoms with Crippen LogP contribution in [-0.2, 0) is 0 Å². The average Bonchev–Trinajstić information content (AvgIpc) is 2.42. The first-order valence-corrected chi connectivity index (χ1v) is 5.89. The standard InChI is InChI=1S/C15H12FN3/c16-13-8-11(17)4-5-15(13)19-14-3-1-2-10-6-7-18-9-12(10)14/h1-9,19H,17H2. The van der Waals surface area contributed by atoms with Crippen molar-refractivity contribution in [3.63, 3.8) is 0 Å². The molecule has 3 aromatic rings. The third kappa shape index (κ3) is 2.20. The van der Waals surface area contributed by atoms with Gasteiger partial charge >= 0.3 is 0 Å². The maximum absolute atomic E-state index is 13.8. The average molecular weight is 253 g/mol. The van der Waals surface area contributed by atoms with Crippen LogP contribution in [0.15, 0.2) is 54.9 Å². The van der Waals surface area contributed by atoms with Gasteiger partial charge in [0.2, 0.25) is 0 Å². The van der Waals surface area contributed by atoms with Gasteiger partial charge in [0.05, 0.1) is 5.69 Å². The molecule has 0 fully saturated rings. The van der Waals surface area contributed by atoms with Gasteiger partial charge in [-0.05, 0) is 35.7 Å². The molecule has 4 heteroatoms. The van der Waals surface area contributed by atoms with Crippen LogP contribution in [0, 0.1) is 5.82 Å². The summed E-state index contributed by atoms with van der Waals surface area (Å²) in [4.78, 5) is 4.10. The highest BCUT2D eigenvalue weighted by molar-refractivity contribution is 5.94. The van der Waals surface area contributed by atoms with Crippen LogP contribution >= 0.6 is 0 Å². The van der Waals surface area contributed by atoms with Gasteiger partial charge in [-0.3, -0.25) is 4.98 Å². The Morgan fingerprint density at radius 2 is 1.95 bits per heavy atom. The fourth-order valence-corrected chi connectivity index (χ4v) is 2.00. The molecule has 2 aromatic carbocycles. The van der Waals surface area contributed by atoms with Crippen molar-refractivity contribution >= 4 is 27.8 Å². The van der Waals surface area contributed by atoms with Gasteiger partial charge in [-0.1, -0.05) is 12.1 Å². The molecule has 0 unspecified atom stereocenters. The molecule has 0 spiro atoms. The molecule has 1 aromatic heterocycles. The number of hydrogen-bond donors (Lipinski definition) is 2. The summed E-state index contributed by atoms with van der Waals surface area (Å²) in [6.07, 6.45) is 3.49. The van der Waals surface area contributed by atoms with E-state index in [-0.39, 0.29) is 5.82 Å². The van der Waals surface area contributed by atoms with Crippen molar-refractivity contribution in [1.29, 1.82) is 0 Å². The van der Waals surface area contributed by atoms with Crippen LogP contribution < -0.4 is 11.1 Å². The van der Waals surface area contributed by atoms with E-state index in [4.69, 9.17) is 5.73 Å². The Balaban J connectivity index is 2.06. The number of halogens is 1. The summed E-state index contributed by atoms with van der Waals surface area (Å²) >= 11 is 0. The van der Waals surface area contributed by atoms with Crippen LogP contribution in [-0.4, -0.2) is 4.98 Å². The van der Waals surface area contributed by atoms with Crippen LogP contribution in [0.2, 0.25) is 0 Å². The van der Waals surface area contributed by atoms with E-state index < -0.39 is 0 Å². The van der Waals surface area contributed by atoms with Gasteiger partial charge in [0.1, 0.15) is 5.82 Å². The number of nitrogens with two attached hydrogens (primary N) is 1. The van der Waals surface area contributed by atoms with Crippen LogP contribution in [0.5, 0.6) is 0 Å². The summed E-state index contributed by atoms with van der Waals surface area (Å²) in [7, 11) is 0. The maximum Gasteiger partial charge on any atom is 0.148 e. The van der Waals surface area contributed by atoms with Crippen molar-refractivity contribution < 1.29 is 4.39 Å². The zero-order chi connectivity index (χ0) is 13.2. The molecule has 0 radical (unpaired) electrons. The lowest BCUT2D eigenvalue weighted by molar-refractivity contribution is 0.632. The van der Waals surface area contributed by atoms with Crippen molar-refractivity contribution in [2.24, 2.45) is 0 Å². The molecule has 0 atom stereocenters. The second-order valence-electron chi connectivity index (χ2n) is 4.27. The molecule has 0 amide bonds. The number of aromatic nitrogens is 1. The SMILES string of the molecule is Nc1ccc(Nc2cccc3ccncc23)c(F)c1. The number of fused-ring (bicyclic) bond motifs is 1. The second-order valence-corrected chi connectivity index (χ2v) is 4.27. The first kappa shape index (κ1) is 11.5. The molecule has 19 heavy (non-hydrogen) atoms. The molecule has 94 valence electrons. The Morgan fingerprint density at radius 1 is 1.05 bits per heavy atom. The molecule has 3 N–H and O–H groups in total. The molecule has 1 heterocycles. The molecule has 0 bridgehead atoms. The van der Waals surface area contributed by atoms with Gasteiger partial charge in [-0.15, -0.1) is 0 Å². The van der Waals surface area contributed by atoms with Crippen LogP contribution in [0.3, 0.4) is 0 Å². The summed E-state index contributed by atoms with van der Waals surface area (Å²) in [6.45, 7) is 0. The van der Waals surface area contributed by atoms with E-state index >= 15 is 0 Å². The number of nitrogens with one attached hydrogen (secondary N) is 1. The van der Waals surface area contributed by atoms with Crippen molar-refractivity contribution in [2.45, 2.75) is 0 Å². The fourth-order valence-electron chi connectivity index (χ4n) is 2.00. The number of pyridine rings is 1. The molecule has 0 saturated heterocycles. The molecule has 0 aliphatic rings. The lowest BCUT2D eigenvalue weighted by Gasteiger charge is -2.10. The highest BCUT2D eigenvalue weighted by atomic mass is 19.1. The number of anilines is 3. The predicted octanol–water partition coefficient (Wildman–Crippen LogP) is 3.70. The third-order valence-corrected chi connectivity index (χ3v) is 2.95. The van der Waals surface area contributed by atoms with Gasteiger partial charge in [-0.2, -0.15) is 0 Å². The lowest BCUT2D eigenvalue weighted by Crippen LogP contribution is -1.96. The summed E-state index contributed by atoms with van der Waals surface area (Å²) in [5.41, 5.74) is 7.15. The van der Waals surface area contributed by atoms with Gasteiger partial charge < -0.3 is 11.1 Å². The number of nitrogen functional groups attached to an aromatic ring is 1. The highest BCUT2D eigenvalue weighted by Crippen LogP contribution is 2.27. The summed E-state index contributed by atoms with van der Waals surface area (Å²) in [6, 6.07) is 12.3. The Hall–Kier alpha value is -2.62. The zero-order valence-electron chi connectivity index (χ0n) is 10.1. The minimum Gasteiger partial charge on any atom is -0.399 e. The Labute approximate surface area is 109 Å². The lowest BCUT2D eigenvalue weighted by atomic mass is 10.1. The first-order chi connectivity index (χ1) is 9.24. The highest BCUT2D eigenvalue weighted by Gasteiger charge is 2.05. The van der Waals surface area contributed by atoms with E-state index in [1.54, 1.807) is 24.5 Å². The number of benzene rings is 2. The summed E-state index contributed by atoms with van der Waals surface area (Å²) in [5.74, 6) is -0.374. The number of nitrogens with zero attached hydrogens (tertiary/aromatic N) is 1. The van der Waals surface area contributed by atoms with Crippen molar-refractivity contribution in [3.05, 3.63) is 60.7 Å². The number of rotatable bonds is 2. The van der Waals surface area contributed by atoms with E-state index in [9.17, 15) is 4.39 Å². The predicted molar refractivity (Wildman–Crippen MR) is 75.8 cm³/mol. The molecular formula is C15H12FN3. The van der Waals surface area contributed by atoms with E-state index in [1.165, 1.54) is 6.07 Å². The van der Waals surface area contributed by atoms with Crippen molar-refractivity contribution in [3.8, 4) is 0 Å². The zero-order valence-corrected chi connectivity index (χ0v) is 10.1. The minimum absolute atomic E-state index is 0.374. The van der Waals surface area contributed by atoms with E-state index in [0.717, 1.165) is 16.5 Å². The van der Waals surface area contributed by atoms with Crippen molar-refractivity contribution in [1.82, 2.24) is 4.98 Å². The second kappa shape index (κ2) is 4.57. The van der Waals surface area contributed by atoms with E-state index in [2.05, 4.69) is 10.3 Å². The quantitative estimate of drug-likeness (QED) is 0.685. The summed E-state index contributed by atoms with van der Waals surface area (Å²) in [5, 5.41) is 5.07. The molecule has 0 aliphatic heterocycles. The summed E-state index contributed by atoms with van der Waals surface area (Å²) < 4.78 is 13.8. The third-order valence-electron chi connectivity index (χ3n) is 2.95. The minimum atomic E-state index is -0.374. The molecule has 0 aliphatic carbocycles. The van der Waals surface area contributed by atoms with Gasteiger partial charge in [-0.25, -0.2) is 4.39 Å².